The van der Waals surface area contributed by atoms with Crippen LogP contribution in [0.1, 0.15) is 37.5 Å². The Labute approximate surface area is 93.1 Å². The van der Waals surface area contributed by atoms with Gasteiger partial charge in [0, 0.05) is 5.69 Å². The molecule has 0 aliphatic heterocycles. The third-order valence-corrected chi connectivity index (χ3v) is 2.46. The summed E-state index contributed by atoms with van der Waals surface area (Å²) in [6.45, 7) is 10.8. The molecular formula is C12H19ClN-. The van der Waals surface area contributed by atoms with Crippen molar-refractivity contribution in [3.8, 4) is 0 Å². The van der Waals surface area contributed by atoms with Crippen LogP contribution in [0.3, 0.4) is 0 Å². The second-order valence-corrected chi connectivity index (χ2v) is 4.77. The summed E-state index contributed by atoms with van der Waals surface area (Å²) in [7, 11) is 0. The van der Waals surface area contributed by atoms with Crippen LogP contribution in [0.4, 0.5) is 5.69 Å². The fourth-order valence-corrected chi connectivity index (χ4v) is 1.41. The summed E-state index contributed by atoms with van der Waals surface area (Å²) in [5.41, 5.74) is 10.8. The van der Waals surface area contributed by atoms with Gasteiger partial charge in [0.1, 0.15) is 0 Å². The first-order chi connectivity index (χ1) is 5.82. The zero-order valence-corrected chi connectivity index (χ0v) is 10.4. The summed E-state index contributed by atoms with van der Waals surface area (Å²) < 4.78 is 0. The zero-order chi connectivity index (χ0) is 10.2. The standard InChI is InChI=1S/C12H19N.ClH/c1-8-6-10(12(3,4)5)7-9(2)11(8)13;/h6-7H,13H2,1-5H3;1H/p-1. The fourth-order valence-electron chi connectivity index (χ4n) is 1.41. The normalized spacial score (nSPS) is 10.9. The number of halogens is 1. The number of benzene rings is 1. The summed E-state index contributed by atoms with van der Waals surface area (Å²) >= 11 is 0. The van der Waals surface area contributed by atoms with Crippen LogP contribution in [0.5, 0.6) is 0 Å². The lowest BCUT2D eigenvalue weighted by atomic mass is 9.85. The van der Waals surface area contributed by atoms with E-state index in [0.29, 0.717) is 0 Å². The number of hydrogen-bond acceptors (Lipinski definition) is 1. The van der Waals surface area contributed by atoms with Gasteiger partial charge in [0.25, 0.3) is 0 Å². The molecule has 0 radical (unpaired) electrons. The van der Waals surface area contributed by atoms with E-state index in [1.54, 1.807) is 0 Å². The van der Waals surface area contributed by atoms with Crippen LogP contribution in [0, 0.1) is 13.8 Å². The van der Waals surface area contributed by atoms with Gasteiger partial charge in [-0.25, -0.2) is 0 Å². The molecule has 2 N–H and O–H groups in total. The van der Waals surface area contributed by atoms with Gasteiger partial charge in [0.15, 0.2) is 0 Å². The largest absolute Gasteiger partial charge is 1.00 e. The Balaban J connectivity index is 0.00000169. The minimum Gasteiger partial charge on any atom is -1.00 e. The predicted molar refractivity (Wildman–Crippen MR) is 59.0 cm³/mol. The SMILES string of the molecule is Cc1cc(C(C)(C)C)cc(C)c1N.[Cl-]. The van der Waals surface area contributed by atoms with Crippen LogP contribution in [0.15, 0.2) is 12.1 Å². The van der Waals surface area contributed by atoms with Crippen molar-refractivity contribution in [1.29, 1.82) is 0 Å². The number of hydrogen-bond donors (Lipinski definition) is 1. The maximum Gasteiger partial charge on any atom is 0.0373 e. The highest BCUT2D eigenvalue weighted by Crippen LogP contribution is 2.27. The first kappa shape index (κ1) is 13.3. The molecule has 0 atom stereocenters. The number of nitrogens with two attached hydrogens (primary N) is 1. The summed E-state index contributed by atoms with van der Waals surface area (Å²) in [6, 6.07) is 4.37. The Morgan fingerprint density at radius 2 is 1.36 bits per heavy atom. The van der Waals surface area contributed by atoms with Crippen molar-refractivity contribution in [2.75, 3.05) is 5.73 Å². The van der Waals surface area contributed by atoms with Gasteiger partial charge in [0.2, 0.25) is 0 Å². The van der Waals surface area contributed by atoms with Gasteiger partial charge in [-0.05, 0) is 36.0 Å². The van der Waals surface area contributed by atoms with Crippen LogP contribution >= 0.6 is 0 Å². The van der Waals surface area contributed by atoms with Crippen molar-refractivity contribution < 1.29 is 12.4 Å². The predicted octanol–water partition coefficient (Wildman–Crippen LogP) is 0.187. The second kappa shape index (κ2) is 4.22. The van der Waals surface area contributed by atoms with E-state index in [1.165, 1.54) is 16.7 Å². The highest BCUT2D eigenvalue weighted by molar-refractivity contribution is 5.55. The minimum atomic E-state index is 0. The molecule has 0 spiro atoms. The average molecular weight is 213 g/mol. The van der Waals surface area contributed by atoms with E-state index >= 15 is 0 Å². The van der Waals surface area contributed by atoms with Gasteiger partial charge in [-0.3, -0.25) is 0 Å². The van der Waals surface area contributed by atoms with E-state index in [9.17, 15) is 0 Å². The van der Waals surface area contributed by atoms with Crippen molar-refractivity contribution in [3.05, 3.63) is 28.8 Å². The highest BCUT2D eigenvalue weighted by atomic mass is 35.5. The van der Waals surface area contributed by atoms with E-state index in [4.69, 9.17) is 5.73 Å². The van der Waals surface area contributed by atoms with E-state index in [0.717, 1.165) is 5.69 Å². The molecule has 0 saturated heterocycles. The lowest BCUT2D eigenvalue weighted by Crippen LogP contribution is -3.00. The Hall–Kier alpha value is -0.690. The molecule has 0 fully saturated rings. The topological polar surface area (TPSA) is 26.0 Å². The molecule has 0 bridgehead atoms. The molecule has 0 aliphatic carbocycles. The third kappa shape index (κ3) is 2.65. The van der Waals surface area contributed by atoms with Gasteiger partial charge >= 0.3 is 0 Å². The Bertz CT molecular complexity index is 301. The summed E-state index contributed by atoms with van der Waals surface area (Å²) in [5.74, 6) is 0. The van der Waals surface area contributed by atoms with Gasteiger partial charge in [-0.15, -0.1) is 0 Å². The third-order valence-electron chi connectivity index (χ3n) is 2.46. The van der Waals surface area contributed by atoms with E-state index in [-0.39, 0.29) is 17.8 Å². The molecule has 1 rings (SSSR count). The number of aryl methyl sites for hydroxylation is 2. The molecule has 14 heavy (non-hydrogen) atoms. The van der Waals surface area contributed by atoms with Crippen LogP contribution in [-0.2, 0) is 5.41 Å². The smallest absolute Gasteiger partial charge is 0.0373 e. The highest BCUT2D eigenvalue weighted by Gasteiger charge is 2.15. The lowest BCUT2D eigenvalue weighted by Gasteiger charge is -2.21. The second-order valence-electron chi connectivity index (χ2n) is 4.77. The molecule has 2 heteroatoms. The van der Waals surface area contributed by atoms with E-state index in [2.05, 4.69) is 46.8 Å². The van der Waals surface area contributed by atoms with Gasteiger partial charge < -0.3 is 18.1 Å². The molecule has 0 saturated carbocycles. The van der Waals surface area contributed by atoms with Crippen LogP contribution < -0.4 is 18.1 Å². The molecule has 0 heterocycles. The molecule has 80 valence electrons. The number of rotatable bonds is 0. The molecule has 1 aromatic rings. The Morgan fingerprint density at radius 1 is 1.00 bits per heavy atom. The van der Waals surface area contributed by atoms with Crippen LogP contribution in [-0.4, -0.2) is 0 Å². The van der Waals surface area contributed by atoms with Crippen molar-refractivity contribution >= 4 is 5.69 Å². The Morgan fingerprint density at radius 3 is 1.64 bits per heavy atom. The molecular weight excluding hydrogens is 194 g/mol. The minimum absolute atomic E-state index is 0. The fraction of sp³-hybridized carbons (Fsp3) is 0.500. The first-order valence-corrected chi connectivity index (χ1v) is 4.69. The van der Waals surface area contributed by atoms with Crippen LogP contribution in [0.2, 0.25) is 0 Å². The first-order valence-electron chi connectivity index (χ1n) is 4.69. The lowest BCUT2D eigenvalue weighted by molar-refractivity contribution is -0.00000333. The molecule has 1 nitrogen and oxygen atoms in total. The summed E-state index contributed by atoms with van der Waals surface area (Å²) in [5, 5.41) is 0. The average Bonchev–Trinajstić information content (AvgIpc) is 1.97. The van der Waals surface area contributed by atoms with Gasteiger partial charge in [-0.1, -0.05) is 32.9 Å². The van der Waals surface area contributed by atoms with Gasteiger partial charge in [-0.2, -0.15) is 0 Å². The van der Waals surface area contributed by atoms with Crippen molar-refractivity contribution in [1.82, 2.24) is 0 Å². The number of anilines is 1. The molecule has 0 aliphatic rings. The van der Waals surface area contributed by atoms with E-state index < -0.39 is 0 Å². The molecule has 0 amide bonds. The van der Waals surface area contributed by atoms with Crippen LogP contribution in [0.25, 0.3) is 0 Å². The van der Waals surface area contributed by atoms with Crippen molar-refractivity contribution in [2.24, 2.45) is 0 Å². The summed E-state index contributed by atoms with van der Waals surface area (Å²) in [4.78, 5) is 0. The maximum atomic E-state index is 5.89. The van der Waals surface area contributed by atoms with Crippen molar-refractivity contribution in [3.63, 3.8) is 0 Å². The molecule has 0 unspecified atom stereocenters. The Kier molecular flexibility index (Phi) is 4.01. The zero-order valence-electron chi connectivity index (χ0n) is 9.61. The quantitative estimate of drug-likeness (QED) is 0.611. The van der Waals surface area contributed by atoms with E-state index in [1.807, 2.05) is 0 Å². The number of nitrogen functional groups attached to an aromatic ring is 1. The molecule has 0 aromatic heterocycles. The summed E-state index contributed by atoms with van der Waals surface area (Å²) in [6.07, 6.45) is 0. The maximum absolute atomic E-state index is 5.89. The molecule has 1 aromatic carbocycles. The van der Waals surface area contributed by atoms with Gasteiger partial charge in [0.05, 0.1) is 0 Å². The van der Waals surface area contributed by atoms with Crippen molar-refractivity contribution in [2.45, 2.75) is 40.0 Å². The monoisotopic (exact) mass is 212 g/mol.